The molecular weight excluding hydrogens is 425 g/mol. The minimum Gasteiger partial charge on any atom is -0.395 e. The van der Waals surface area contributed by atoms with Crippen LogP contribution < -0.4 is 4.90 Å². The van der Waals surface area contributed by atoms with Gasteiger partial charge in [0.1, 0.15) is 5.78 Å². The van der Waals surface area contributed by atoms with Gasteiger partial charge in [-0.25, -0.2) is 0 Å². The van der Waals surface area contributed by atoms with Gasteiger partial charge in [0.05, 0.1) is 6.61 Å². The van der Waals surface area contributed by atoms with Crippen LogP contribution in [0.15, 0.2) is 53.1 Å². The van der Waals surface area contributed by atoms with E-state index in [1.807, 2.05) is 36.4 Å². The molecule has 3 rings (SSSR count). The third kappa shape index (κ3) is 6.29. The first-order chi connectivity index (χ1) is 14.4. The monoisotopic (exact) mass is 447 g/mol. The molecule has 0 saturated carbocycles. The fourth-order valence-electron chi connectivity index (χ4n) is 3.13. The molecule has 158 valence electrons. The van der Waals surface area contributed by atoms with Crippen LogP contribution in [0.1, 0.15) is 29.3 Å². The first kappa shape index (κ1) is 22.3. The largest absolute Gasteiger partial charge is 0.395 e. The number of hydrogen-bond donors (Lipinski definition) is 1. The van der Waals surface area contributed by atoms with E-state index in [-0.39, 0.29) is 24.7 Å². The highest BCUT2D eigenvalue weighted by molar-refractivity contribution is 6.30. The van der Waals surface area contributed by atoms with Crippen LogP contribution in [0.2, 0.25) is 10.0 Å². The smallest absolute Gasteiger partial charge is 0.323 e. The van der Waals surface area contributed by atoms with Crippen molar-refractivity contribution in [2.24, 2.45) is 0 Å². The van der Waals surface area contributed by atoms with E-state index >= 15 is 0 Å². The molecule has 0 radical (unpaired) electrons. The van der Waals surface area contributed by atoms with Gasteiger partial charge in [-0.1, -0.05) is 52.6 Å². The lowest BCUT2D eigenvalue weighted by Gasteiger charge is -2.14. The molecule has 0 aliphatic rings. The summed E-state index contributed by atoms with van der Waals surface area (Å²) in [6, 6.07) is 15.1. The number of aromatic nitrogens is 2. The van der Waals surface area contributed by atoms with Crippen LogP contribution in [-0.4, -0.2) is 41.2 Å². The van der Waals surface area contributed by atoms with Crippen molar-refractivity contribution >= 4 is 35.0 Å². The summed E-state index contributed by atoms with van der Waals surface area (Å²) in [5.74, 6) is 0.298. The van der Waals surface area contributed by atoms with Gasteiger partial charge in [-0.2, -0.15) is 4.98 Å². The summed E-state index contributed by atoms with van der Waals surface area (Å²) < 4.78 is 5.34. The fourth-order valence-corrected chi connectivity index (χ4v) is 3.38. The van der Waals surface area contributed by atoms with E-state index in [9.17, 15) is 4.79 Å². The number of aliphatic hydroxyl groups excluding tert-OH is 1. The van der Waals surface area contributed by atoms with Gasteiger partial charge in [0.15, 0.2) is 5.82 Å². The molecule has 0 unspecified atom stereocenters. The summed E-state index contributed by atoms with van der Waals surface area (Å²) in [7, 11) is 1.76. The number of Topliss-reactive ketones (excluding diaryl/α,β-unsaturated/α-hetero) is 1. The Morgan fingerprint density at radius 2 is 1.67 bits per heavy atom. The van der Waals surface area contributed by atoms with Crippen LogP contribution in [0.25, 0.3) is 0 Å². The lowest BCUT2D eigenvalue weighted by molar-refractivity contribution is -0.118. The normalized spacial score (nSPS) is 12.0. The summed E-state index contributed by atoms with van der Waals surface area (Å²) in [5.41, 5.74) is 1.94. The van der Waals surface area contributed by atoms with Gasteiger partial charge in [-0.05, 0) is 41.8 Å². The number of hydrogen-bond acceptors (Lipinski definition) is 6. The zero-order chi connectivity index (χ0) is 21.5. The van der Waals surface area contributed by atoms with E-state index in [2.05, 4.69) is 10.1 Å². The van der Waals surface area contributed by atoms with Crippen LogP contribution in [0.4, 0.5) is 6.01 Å². The van der Waals surface area contributed by atoms with Crippen LogP contribution in [-0.2, 0) is 17.6 Å². The van der Waals surface area contributed by atoms with Gasteiger partial charge in [0, 0.05) is 42.4 Å². The Kier molecular flexibility index (Phi) is 7.85. The minimum atomic E-state index is -0.244. The number of benzene rings is 2. The molecule has 0 aliphatic carbocycles. The van der Waals surface area contributed by atoms with Gasteiger partial charge < -0.3 is 14.5 Å². The number of halogens is 2. The van der Waals surface area contributed by atoms with Crippen molar-refractivity contribution in [2.45, 2.75) is 25.2 Å². The van der Waals surface area contributed by atoms with Gasteiger partial charge in [0.2, 0.25) is 0 Å². The summed E-state index contributed by atoms with van der Waals surface area (Å²) in [4.78, 5) is 18.9. The van der Waals surface area contributed by atoms with Crippen LogP contribution in [0, 0.1) is 0 Å². The Balaban J connectivity index is 1.77. The lowest BCUT2D eigenvalue weighted by Crippen LogP contribution is -2.21. The lowest BCUT2D eigenvalue weighted by atomic mass is 9.91. The van der Waals surface area contributed by atoms with Gasteiger partial charge >= 0.3 is 6.01 Å². The van der Waals surface area contributed by atoms with Crippen molar-refractivity contribution in [2.75, 3.05) is 25.1 Å². The molecule has 0 fully saturated rings. The summed E-state index contributed by atoms with van der Waals surface area (Å²) in [6.07, 6.45) is 1.16. The van der Waals surface area contributed by atoms with E-state index in [1.54, 1.807) is 24.1 Å². The standard InChI is InChI=1S/C22H23Cl2N3O3/c1-27(10-11-28)22-25-21(26-30-22)17(12-15-2-6-18(23)7-3-15)14-20(29)13-16-4-8-19(24)9-5-16/h2-9,17,28H,10-14H2,1H3/t17-/m1/s1. The van der Waals surface area contributed by atoms with E-state index in [4.69, 9.17) is 32.8 Å². The molecule has 6 nitrogen and oxygen atoms in total. The predicted molar refractivity (Wildman–Crippen MR) is 117 cm³/mol. The Bertz CT molecular complexity index is 959. The topological polar surface area (TPSA) is 79.5 Å². The molecule has 30 heavy (non-hydrogen) atoms. The molecule has 8 heteroatoms. The van der Waals surface area contributed by atoms with Crippen LogP contribution in [0.3, 0.4) is 0 Å². The summed E-state index contributed by atoms with van der Waals surface area (Å²) in [6.45, 7) is 0.348. The molecule has 3 aromatic rings. The maximum absolute atomic E-state index is 12.8. The van der Waals surface area contributed by atoms with Crippen molar-refractivity contribution in [1.29, 1.82) is 0 Å². The third-order valence-corrected chi connectivity index (χ3v) is 5.25. The van der Waals surface area contributed by atoms with E-state index in [0.717, 1.165) is 11.1 Å². The average molecular weight is 448 g/mol. The van der Waals surface area contributed by atoms with Gasteiger partial charge in [-0.3, -0.25) is 4.79 Å². The Morgan fingerprint density at radius 3 is 2.27 bits per heavy atom. The van der Waals surface area contributed by atoms with Crippen molar-refractivity contribution in [3.63, 3.8) is 0 Å². The van der Waals surface area contributed by atoms with Crippen molar-refractivity contribution in [3.8, 4) is 0 Å². The average Bonchev–Trinajstić information content (AvgIpc) is 3.21. The zero-order valence-corrected chi connectivity index (χ0v) is 18.1. The number of anilines is 1. The molecule has 0 aliphatic heterocycles. The maximum atomic E-state index is 12.8. The van der Waals surface area contributed by atoms with E-state index in [1.165, 1.54) is 0 Å². The maximum Gasteiger partial charge on any atom is 0.323 e. The molecular formula is C22H23Cl2N3O3. The van der Waals surface area contributed by atoms with Gasteiger partial charge in [-0.15, -0.1) is 0 Å². The fraction of sp³-hybridized carbons (Fsp3) is 0.318. The third-order valence-electron chi connectivity index (χ3n) is 4.74. The zero-order valence-electron chi connectivity index (χ0n) is 16.6. The number of likely N-dealkylation sites (N-methyl/N-ethyl adjacent to an activating group) is 1. The molecule has 0 spiro atoms. The van der Waals surface area contributed by atoms with Crippen molar-refractivity contribution in [3.05, 3.63) is 75.5 Å². The SMILES string of the molecule is CN(CCO)c1nc([C@@H](CC(=O)Cc2ccc(Cl)cc2)Cc2ccc(Cl)cc2)no1. The Morgan fingerprint density at radius 1 is 1.07 bits per heavy atom. The highest BCUT2D eigenvalue weighted by Crippen LogP contribution is 2.26. The summed E-state index contributed by atoms with van der Waals surface area (Å²) in [5, 5.41) is 14.5. The molecule has 0 bridgehead atoms. The molecule has 1 N–H and O–H groups in total. The second-order valence-electron chi connectivity index (χ2n) is 7.15. The number of rotatable bonds is 10. The van der Waals surface area contributed by atoms with E-state index < -0.39 is 0 Å². The molecule has 0 amide bonds. The molecule has 1 atom stereocenters. The van der Waals surface area contributed by atoms with Crippen molar-refractivity contribution in [1.82, 2.24) is 10.1 Å². The van der Waals surface area contributed by atoms with Crippen molar-refractivity contribution < 1.29 is 14.4 Å². The first-order valence-electron chi connectivity index (χ1n) is 9.61. The van der Waals surface area contributed by atoms with Gasteiger partial charge in [0.25, 0.3) is 0 Å². The second-order valence-corrected chi connectivity index (χ2v) is 8.03. The van der Waals surface area contributed by atoms with E-state index in [0.29, 0.717) is 41.3 Å². The number of nitrogens with zero attached hydrogens (tertiary/aromatic N) is 3. The first-order valence-corrected chi connectivity index (χ1v) is 10.4. The number of carbonyl (C=O) groups is 1. The number of ketones is 1. The van der Waals surface area contributed by atoms with Crippen LogP contribution in [0.5, 0.6) is 0 Å². The second kappa shape index (κ2) is 10.6. The predicted octanol–water partition coefficient (Wildman–Crippen LogP) is 4.33. The molecule has 1 aromatic heterocycles. The Hall–Kier alpha value is -2.41. The Labute approximate surface area is 185 Å². The van der Waals surface area contributed by atoms with Crippen LogP contribution >= 0.6 is 23.2 Å². The quantitative estimate of drug-likeness (QED) is 0.497. The highest BCUT2D eigenvalue weighted by Gasteiger charge is 2.23. The molecule has 0 saturated heterocycles. The summed E-state index contributed by atoms with van der Waals surface area (Å²) >= 11 is 11.9. The minimum absolute atomic E-state index is 0.0258. The molecule has 2 aromatic carbocycles. The highest BCUT2D eigenvalue weighted by atomic mass is 35.5. The number of carbonyl (C=O) groups excluding carboxylic acids is 1. The molecule has 1 heterocycles. The number of aliphatic hydroxyl groups is 1.